The van der Waals surface area contributed by atoms with Crippen LogP contribution >= 0.6 is 11.6 Å². The summed E-state index contributed by atoms with van der Waals surface area (Å²) in [6.45, 7) is 2.06. The lowest BCUT2D eigenvalue weighted by Crippen LogP contribution is -2.29. The number of methoxy groups -OCH3 is 2. The molecule has 1 aromatic rings. The summed E-state index contributed by atoms with van der Waals surface area (Å²) < 4.78 is 10.4. The van der Waals surface area contributed by atoms with E-state index in [9.17, 15) is 9.59 Å². The molecule has 0 radical (unpaired) electrons. The SMILES string of the molecule is COCC(C)Nc1cnn(CC(=O)OC)c(=O)c1Cl. The van der Waals surface area contributed by atoms with Crippen LogP contribution in [0.5, 0.6) is 0 Å². The number of aromatic nitrogens is 2. The number of nitrogens with one attached hydrogen (secondary N) is 1. The summed E-state index contributed by atoms with van der Waals surface area (Å²) in [5.74, 6) is -0.570. The van der Waals surface area contributed by atoms with Crippen LogP contribution < -0.4 is 10.9 Å². The van der Waals surface area contributed by atoms with Crippen molar-refractivity contribution in [1.82, 2.24) is 9.78 Å². The minimum absolute atomic E-state index is 0.0261. The zero-order valence-electron chi connectivity index (χ0n) is 11.0. The van der Waals surface area contributed by atoms with E-state index in [1.54, 1.807) is 7.11 Å². The third kappa shape index (κ3) is 4.22. The van der Waals surface area contributed by atoms with Gasteiger partial charge in [-0.3, -0.25) is 9.59 Å². The van der Waals surface area contributed by atoms with E-state index in [0.29, 0.717) is 12.3 Å². The molecule has 8 heteroatoms. The second kappa shape index (κ2) is 7.10. The van der Waals surface area contributed by atoms with Gasteiger partial charge in [0.1, 0.15) is 11.6 Å². The lowest BCUT2D eigenvalue weighted by molar-refractivity contribution is -0.141. The number of carbonyl (C=O) groups is 1. The smallest absolute Gasteiger partial charge is 0.327 e. The number of hydrogen-bond acceptors (Lipinski definition) is 6. The third-order valence-electron chi connectivity index (χ3n) is 2.31. The molecule has 1 atom stereocenters. The molecule has 1 heterocycles. The first kappa shape index (κ1) is 15.5. The zero-order valence-corrected chi connectivity index (χ0v) is 11.7. The Balaban J connectivity index is 2.91. The number of carbonyl (C=O) groups excluding carboxylic acids is 1. The van der Waals surface area contributed by atoms with Crippen LogP contribution in [0.4, 0.5) is 5.69 Å². The highest BCUT2D eigenvalue weighted by atomic mass is 35.5. The summed E-state index contributed by atoms with van der Waals surface area (Å²) in [7, 11) is 2.81. The molecule has 0 saturated heterocycles. The van der Waals surface area contributed by atoms with Gasteiger partial charge in [-0.25, -0.2) is 4.68 Å². The van der Waals surface area contributed by atoms with Crippen molar-refractivity contribution >= 4 is 23.3 Å². The topological polar surface area (TPSA) is 82.4 Å². The van der Waals surface area contributed by atoms with Gasteiger partial charge >= 0.3 is 5.97 Å². The summed E-state index contributed by atoms with van der Waals surface area (Å²) in [5, 5.41) is 6.83. The Labute approximate surface area is 115 Å². The first-order valence-corrected chi connectivity index (χ1v) is 5.95. The normalized spacial score (nSPS) is 12.0. The fourth-order valence-electron chi connectivity index (χ4n) is 1.42. The van der Waals surface area contributed by atoms with E-state index in [4.69, 9.17) is 16.3 Å². The van der Waals surface area contributed by atoms with Gasteiger partial charge in [-0.05, 0) is 6.92 Å². The van der Waals surface area contributed by atoms with Gasteiger partial charge in [0, 0.05) is 13.2 Å². The number of halogens is 1. The molecular formula is C11H16ClN3O4. The largest absolute Gasteiger partial charge is 0.468 e. The minimum atomic E-state index is -0.570. The highest BCUT2D eigenvalue weighted by Gasteiger charge is 2.13. The van der Waals surface area contributed by atoms with Gasteiger partial charge in [-0.1, -0.05) is 11.6 Å². The number of nitrogens with zero attached hydrogens (tertiary/aromatic N) is 2. The molecular weight excluding hydrogens is 274 g/mol. The van der Waals surface area contributed by atoms with Crippen molar-refractivity contribution < 1.29 is 14.3 Å². The van der Waals surface area contributed by atoms with Gasteiger partial charge in [0.15, 0.2) is 0 Å². The Hall–Kier alpha value is -1.60. The summed E-state index contributed by atoms with van der Waals surface area (Å²) in [4.78, 5) is 23.0. The molecule has 19 heavy (non-hydrogen) atoms. The van der Waals surface area contributed by atoms with Crippen molar-refractivity contribution in [2.45, 2.75) is 19.5 Å². The quantitative estimate of drug-likeness (QED) is 0.769. The predicted octanol–water partition coefficient (Wildman–Crippen LogP) is 0.516. The molecule has 7 nitrogen and oxygen atoms in total. The third-order valence-corrected chi connectivity index (χ3v) is 2.68. The maximum Gasteiger partial charge on any atom is 0.327 e. The molecule has 0 aliphatic carbocycles. The molecule has 0 saturated carbocycles. The van der Waals surface area contributed by atoms with E-state index in [2.05, 4.69) is 15.2 Å². The van der Waals surface area contributed by atoms with Crippen molar-refractivity contribution in [3.05, 3.63) is 21.6 Å². The lowest BCUT2D eigenvalue weighted by Gasteiger charge is -2.15. The molecule has 0 fully saturated rings. The molecule has 1 N–H and O–H groups in total. The molecule has 1 unspecified atom stereocenters. The van der Waals surface area contributed by atoms with E-state index >= 15 is 0 Å². The van der Waals surface area contributed by atoms with E-state index < -0.39 is 11.5 Å². The maximum atomic E-state index is 11.9. The number of anilines is 1. The standard InChI is InChI=1S/C11H16ClN3O4/c1-7(6-18-2)14-8-4-13-15(5-9(16)19-3)11(17)10(8)12/h4,7,14H,5-6H2,1-3H3. The first-order chi connectivity index (χ1) is 8.99. The first-order valence-electron chi connectivity index (χ1n) is 5.57. The van der Waals surface area contributed by atoms with Crippen LogP contribution in [0.25, 0.3) is 0 Å². The molecule has 1 rings (SSSR count). The monoisotopic (exact) mass is 289 g/mol. The molecule has 0 bridgehead atoms. The van der Waals surface area contributed by atoms with Crippen LogP contribution in [0.3, 0.4) is 0 Å². The molecule has 0 spiro atoms. The average Bonchev–Trinajstić information content (AvgIpc) is 2.38. The van der Waals surface area contributed by atoms with Crippen LogP contribution in [-0.2, 0) is 20.8 Å². The van der Waals surface area contributed by atoms with Crippen molar-refractivity contribution in [2.24, 2.45) is 0 Å². The lowest BCUT2D eigenvalue weighted by atomic mass is 10.3. The van der Waals surface area contributed by atoms with E-state index in [-0.39, 0.29) is 17.6 Å². The molecule has 106 valence electrons. The van der Waals surface area contributed by atoms with Crippen LogP contribution in [0.1, 0.15) is 6.92 Å². The number of ether oxygens (including phenoxy) is 2. The van der Waals surface area contributed by atoms with Crippen molar-refractivity contribution in [2.75, 3.05) is 26.1 Å². The fourth-order valence-corrected chi connectivity index (χ4v) is 1.62. The average molecular weight is 290 g/mol. The Morgan fingerprint density at radius 3 is 2.84 bits per heavy atom. The highest BCUT2D eigenvalue weighted by molar-refractivity contribution is 6.32. The number of esters is 1. The number of hydrogen-bond donors (Lipinski definition) is 1. The van der Waals surface area contributed by atoms with E-state index in [1.807, 2.05) is 6.92 Å². The van der Waals surface area contributed by atoms with Gasteiger partial charge < -0.3 is 14.8 Å². The Morgan fingerprint density at radius 2 is 2.26 bits per heavy atom. The summed E-state index contributed by atoms with van der Waals surface area (Å²) in [6, 6.07) is -0.0276. The van der Waals surface area contributed by atoms with E-state index in [1.165, 1.54) is 13.3 Å². The second-order valence-corrected chi connectivity index (χ2v) is 4.29. The van der Waals surface area contributed by atoms with Gasteiger partial charge in [0.05, 0.1) is 25.6 Å². The summed E-state index contributed by atoms with van der Waals surface area (Å²) in [5.41, 5.74) is -0.154. The van der Waals surface area contributed by atoms with Crippen molar-refractivity contribution in [1.29, 1.82) is 0 Å². The molecule has 0 aromatic carbocycles. The number of rotatable bonds is 6. The van der Waals surface area contributed by atoms with Crippen molar-refractivity contribution in [3.8, 4) is 0 Å². The van der Waals surface area contributed by atoms with Crippen molar-refractivity contribution in [3.63, 3.8) is 0 Å². The summed E-state index contributed by atoms with van der Waals surface area (Å²) in [6.07, 6.45) is 1.39. The fraction of sp³-hybridized carbons (Fsp3) is 0.545. The molecule has 0 aliphatic rings. The minimum Gasteiger partial charge on any atom is -0.468 e. The van der Waals surface area contributed by atoms with Gasteiger partial charge in [0.25, 0.3) is 5.56 Å². The predicted molar refractivity (Wildman–Crippen MR) is 70.5 cm³/mol. The highest BCUT2D eigenvalue weighted by Crippen LogP contribution is 2.16. The van der Waals surface area contributed by atoms with Gasteiger partial charge in [-0.2, -0.15) is 5.10 Å². The van der Waals surface area contributed by atoms with Gasteiger partial charge in [-0.15, -0.1) is 0 Å². The molecule has 0 aliphatic heterocycles. The van der Waals surface area contributed by atoms with Crippen LogP contribution in [0.15, 0.2) is 11.0 Å². The second-order valence-electron chi connectivity index (χ2n) is 3.91. The van der Waals surface area contributed by atoms with Gasteiger partial charge in [0.2, 0.25) is 0 Å². The zero-order chi connectivity index (χ0) is 14.4. The molecule has 0 amide bonds. The maximum absolute atomic E-state index is 11.9. The van der Waals surface area contributed by atoms with Crippen LogP contribution in [0.2, 0.25) is 5.02 Å². The van der Waals surface area contributed by atoms with Crippen LogP contribution in [0, 0.1) is 0 Å². The van der Waals surface area contributed by atoms with E-state index in [0.717, 1.165) is 4.68 Å². The Bertz CT molecular complexity index is 503. The Morgan fingerprint density at radius 1 is 1.58 bits per heavy atom. The summed E-state index contributed by atoms with van der Waals surface area (Å²) >= 11 is 5.94. The Kier molecular flexibility index (Phi) is 5.78. The van der Waals surface area contributed by atoms with Crippen LogP contribution in [-0.4, -0.2) is 42.6 Å². The molecule has 1 aromatic heterocycles.